The summed E-state index contributed by atoms with van der Waals surface area (Å²) in [5.41, 5.74) is 0. The maximum Gasteiger partial charge on any atom is 0.200 e. The smallest absolute Gasteiger partial charge is 0.200 e. The summed E-state index contributed by atoms with van der Waals surface area (Å²) in [6.07, 6.45) is 1.02. The predicted molar refractivity (Wildman–Crippen MR) is 49.1 cm³/mol. The average Bonchev–Trinajstić information content (AvgIpc) is 2.17. The second-order valence-electron chi connectivity index (χ2n) is 3.59. The Morgan fingerprint density at radius 3 is 2.73 bits per heavy atom. The summed E-state index contributed by atoms with van der Waals surface area (Å²) >= 11 is 0. The van der Waals surface area contributed by atoms with Gasteiger partial charge in [0.2, 0.25) is 5.82 Å². The minimum Gasteiger partial charge on any atom is -0.487 e. The number of nitriles is 1. The third kappa shape index (κ3) is 1.91. The summed E-state index contributed by atoms with van der Waals surface area (Å²) in [5, 5.41) is 8.53. The zero-order chi connectivity index (χ0) is 10.8. The molecule has 0 bridgehead atoms. The zero-order valence-corrected chi connectivity index (χ0v) is 7.91. The molecule has 0 saturated heterocycles. The largest absolute Gasteiger partial charge is 0.487 e. The van der Waals surface area contributed by atoms with E-state index in [1.807, 2.05) is 0 Å². The number of nitrogens with zero attached hydrogens (tertiary/aromatic N) is 1. The van der Waals surface area contributed by atoms with Crippen LogP contribution in [0.25, 0.3) is 0 Å². The van der Waals surface area contributed by atoms with E-state index in [4.69, 9.17) is 10.00 Å². The summed E-state index contributed by atoms with van der Waals surface area (Å²) in [6, 6.07) is 5.92. The number of hydrogen-bond acceptors (Lipinski definition) is 2. The molecule has 0 aliphatic heterocycles. The molecular weight excluding hydrogens is 200 g/mol. The summed E-state index contributed by atoms with van der Waals surface area (Å²) in [5.74, 6) is -1.95. The molecule has 2 nitrogen and oxygen atoms in total. The Hall–Kier alpha value is -1.63. The van der Waals surface area contributed by atoms with Crippen molar-refractivity contribution < 1.29 is 13.5 Å². The highest BCUT2D eigenvalue weighted by Gasteiger charge is 2.31. The van der Waals surface area contributed by atoms with Gasteiger partial charge in [0.15, 0.2) is 11.6 Å². The van der Waals surface area contributed by atoms with Gasteiger partial charge in [0.1, 0.15) is 6.10 Å². The van der Waals surface area contributed by atoms with Gasteiger partial charge in [-0.05, 0) is 12.1 Å². The van der Waals surface area contributed by atoms with Gasteiger partial charge in [-0.1, -0.05) is 6.07 Å². The normalized spacial score (nSPS) is 24.1. The van der Waals surface area contributed by atoms with Crippen LogP contribution in [0, 0.1) is 28.9 Å². The summed E-state index contributed by atoms with van der Waals surface area (Å²) in [7, 11) is 0. The quantitative estimate of drug-likeness (QED) is 0.750. The standard InChI is InChI=1S/C11H9F2NO/c12-9-2-1-3-10(11(9)13)15-8-4-7(5-8)6-14/h1-3,7-8H,4-5H2. The maximum atomic E-state index is 13.1. The third-order valence-electron chi connectivity index (χ3n) is 2.49. The van der Waals surface area contributed by atoms with Crippen molar-refractivity contribution in [2.45, 2.75) is 18.9 Å². The first kappa shape index (κ1) is 9.91. The molecule has 0 atom stereocenters. The first-order valence-electron chi connectivity index (χ1n) is 4.71. The van der Waals surface area contributed by atoms with Gasteiger partial charge in [-0.15, -0.1) is 0 Å². The van der Waals surface area contributed by atoms with Gasteiger partial charge < -0.3 is 4.74 Å². The van der Waals surface area contributed by atoms with Gasteiger partial charge in [-0.25, -0.2) is 4.39 Å². The highest BCUT2D eigenvalue weighted by atomic mass is 19.2. The van der Waals surface area contributed by atoms with Crippen molar-refractivity contribution in [1.29, 1.82) is 5.26 Å². The fourth-order valence-corrected chi connectivity index (χ4v) is 1.52. The third-order valence-corrected chi connectivity index (χ3v) is 2.49. The fraction of sp³-hybridized carbons (Fsp3) is 0.364. The van der Waals surface area contributed by atoms with Gasteiger partial charge in [-0.3, -0.25) is 0 Å². The molecule has 1 aliphatic rings. The van der Waals surface area contributed by atoms with Crippen LogP contribution in [0.4, 0.5) is 8.78 Å². The van der Waals surface area contributed by atoms with Crippen molar-refractivity contribution in [3.8, 4) is 11.8 Å². The van der Waals surface area contributed by atoms with Gasteiger partial charge in [0, 0.05) is 12.8 Å². The SMILES string of the molecule is N#CC1CC(Oc2cccc(F)c2F)C1. The first-order valence-corrected chi connectivity index (χ1v) is 4.71. The highest BCUT2D eigenvalue weighted by Crippen LogP contribution is 2.32. The van der Waals surface area contributed by atoms with Crippen LogP contribution < -0.4 is 4.74 Å². The summed E-state index contributed by atoms with van der Waals surface area (Å²) in [4.78, 5) is 0. The number of ether oxygens (including phenoxy) is 1. The van der Waals surface area contributed by atoms with E-state index in [2.05, 4.69) is 6.07 Å². The van der Waals surface area contributed by atoms with Gasteiger partial charge >= 0.3 is 0 Å². The maximum absolute atomic E-state index is 13.1. The lowest BCUT2D eigenvalue weighted by atomic mass is 9.83. The van der Waals surface area contributed by atoms with Crippen LogP contribution in [0.1, 0.15) is 12.8 Å². The van der Waals surface area contributed by atoms with Crippen LogP contribution in [0.3, 0.4) is 0 Å². The summed E-state index contributed by atoms with van der Waals surface area (Å²) in [6.45, 7) is 0. The molecule has 4 heteroatoms. The fourth-order valence-electron chi connectivity index (χ4n) is 1.52. The van der Waals surface area contributed by atoms with E-state index in [1.165, 1.54) is 12.1 Å². The Bertz CT molecular complexity index is 408. The molecular formula is C11H9F2NO. The van der Waals surface area contributed by atoms with E-state index in [0.29, 0.717) is 12.8 Å². The molecule has 1 aromatic carbocycles. The number of rotatable bonds is 2. The first-order chi connectivity index (χ1) is 7.20. The van der Waals surface area contributed by atoms with Gasteiger partial charge in [0.25, 0.3) is 0 Å². The summed E-state index contributed by atoms with van der Waals surface area (Å²) < 4.78 is 31.2. The van der Waals surface area contributed by atoms with Crippen molar-refractivity contribution in [3.05, 3.63) is 29.8 Å². The molecule has 0 spiro atoms. The Morgan fingerprint density at radius 2 is 2.07 bits per heavy atom. The Balaban J connectivity index is 2.01. The van der Waals surface area contributed by atoms with E-state index in [9.17, 15) is 8.78 Å². The Morgan fingerprint density at radius 1 is 1.33 bits per heavy atom. The lowest BCUT2D eigenvalue weighted by Gasteiger charge is -2.30. The minimum absolute atomic E-state index is 0.00776. The molecule has 0 amide bonds. The van der Waals surface area contributed by atoms with Crippen molar-refractivity contribution in [1.82, 2.24) is 0 Å². The van der Waals surface area contributed by atoms with Crippen LogP contribution >= 0.6 is 0 Å². The number of hydrogen-bond donors (Lipinski definition) is 0. The van der Waals surface area contributed by atoms with Crippen molar-refractivity contribution in [2.24, 2.45) is 5.92 Å². The molecule has 0 radical (unpaired) electrons. The monoisotopic (exact) mass is 209 g/mol. The minimum atomic E-state index is -0.960. The van der Waals surface area contributed by atoms with Crippen molar-refractivity contribution in [3.63, 3.8) is 0 Å². The lowest BCUT2D eigenvalue weighted by molar-refractivity contribution is 0.0842. The van der Waals surface area contributed by atoms with Crippen LogP contribution in [0.2, 0.25) is 0 Å². The van der Waals surface area contributed by atoms with Crippen LogP contribution in [0.15, 0.2) is 18.2 Å². The predicted octanol–water partition coefficient (Wildman–Crippen LogP) is 2.65. The molecule has 1 saturated carbocycles. The molecule has 1 fully saturated rings. The molecule has 2 rings (SSSR count). The van der Waals surface area contributed by atoms with Crippen molar-refractivity contribution in [2.75, 3.05) is 0 Å². The molecule has 0 heterocycles. The Kier molecular flexibility index (Phi) is 2.55. The van der Waals surface area contributed by atoms with E-state index in [1.54, 1.807) is 0 Å². The van der Waals surface area contributed by atoms with Crippen LogP contribution in [0.5, 0.6) is 5.75 Å². The lowest BCUT2D eigenvalue weighted by Crippen LogP contribution is -2.33. The van der Waals surface area contributed by atoms with Crippen LogP contribution in [-0.2, 0) is 0 Å². The zero-order valence-electron chi connectivity index (χ0n) is 7.91. The molecule has 0 aromatic heterocycles. The van der Waals surface area contributed by atoms with E-state index >= 15 is 0 Å². The molecule has 0 N–H and O–H groups in total. The van der Waals surface area contributed by atoms with Crippen molar-refractivity contribution >= 4 is 0 Å². The molecule has 78 valence electrons. The van der Waals surface area contributed by atoms with E-state index < -0.39 is 11.6 Å². The van der Waals surface area contributed by atoms with Gasteiger partial charge in [-0.2, -0.15) is 9.65 Å². The number of benzene rings is 1. The second kappa shape index (κ2) is 3.85. The Labute approximate surface area is 86.1 Å². The van der Waals surface area contributed by atoms with E-state index in [0.717, 1.165) is 6.07 Å². The topological polar surface area (TPSA) is 33.0 Å². The molecule has 1 aromatic rings. The molecule has 0 unspecified atom stereocenters. The van der Waals surface area contributed by atoms with Gasteiger partial charge in [0.05, 0.1) is 12.0 Å². The molecule has 15 heavy (non-hydrogen) atoms. The number of halogens is 2. The highest BCUT2D eigenvalue weighted by molar-refractivity contribution is 5.25. The average molecular weight is 209 g/mol. The second-order valence-corrected chi connectivity index (χ2v) is 3.59. The van der Waals surface area contributed by atoms with E-state index in [-0.39, 0.29) is 17.8 Å². The van der Waals surface area contributed by atoms with Crippen LogP contribution in [-0.4, -0.2) is 6.10 Å². The molecule has 1 aliphatic carbocycles.